The third kappa shape index (κ3) is 7.30. The molecule has 2 aromatic carbocycles. The summed E-state index contributed by atoms with van der Waals surface area (Å²) in [5, 5.41) is 16.5. The summed E-state index contributed by atoms with van der Waals surface area (Å²) in [7, 11) is 0. The number of carbonyl (C=O) groups excluding carboxylic acids is 2. The first kappa shape index (κ1) is 24.7. The van der Waals surface area contributed by atoms with Crippen molar-refractivity contribution in [3.8, 4) is 0 Å². The van der Waals surface area contributed by atoms with E-state index in [0.717, 1.165) is 0 Å². The molecule has 0 aliphatic rings. The Bertz CT molecular complexity index is 839. The van der Waals surface area contributed by atoms with Gasteiger partial charge in [0.05, 0.1) is 39.8 Å². The molecular formula is C20H21Cl4N3O3. The molecule has 2 rings (SSSR count). The molecule has 10 heteroatoms. The van der Waals surface area contributed by atoms with Gasteiger partial charge < -0.3 is 15.7 Å². The predicted octanol–water partition coefficient (Wildman–Crippen LogP) is 4.95. The number of amides is 2. The van der Waals surface area contributed by atoms with Crippen molar-refractivity contribution in [3.63, 3.8) is 0 Å². The van der Waals surface area contributed by atoms with Crippen molar-refractivity contribution in [1.82, 2.24) is 4.90 Å². The Hall–Kier alpha value is -1.54. The van der Waals surface area contributed by atoms with Gasteiger partial charge in [0.1, 0.15) is 0 Å². The van der Waals surface area contributed by atoms with E-state index < -0.39 is 0 Å². The first-order valence-electron chi connectivity index (χ1n) is 9.08. The van der Waals surface area contributed by atoms with Crippen LogP contribution in [0.25, 0.3) is 0 Å². The number of hydrogen-bond acceptors (Lipinski definition) is 4. The van der Waals surface area contributed by atoms with Gasteiger partial charge in [0.2, 0.25) is 11.8 Å². The highest BCUT2D eigenvalue weighted by Crippen LogP contribution is 2.26. The second-order valence-electron chi connectivity index (χ2n) is 6.50. The molecule has 0 saturated heterocycles. The monoisotopic (exact) mass is 491 g/mol. The first-order valence-corrected chi connectivity index (χ1v) is 10.6. The second-order valence-corrected chi connectivity index (χ2v) is 8.13. The largest absolute Gasteiger partial charge is 0.395 e. The van der Waals surface area contributed by atoms with Crippen molar-refractivity contribution >= 4 is 69.6 Å². The Morgan fingerprint density at radius 2 is 1.30 bits per heavy atom. The van der Waals surface area contributed by atoms with Crippen LogP contribution in [0.15, 0.2) is 36.4 Å². The zero-order valence-electron chi connectivity index (χ0n) is 16.1. The number of nitrogens with one attached hydrogen (secondary N) is 2. The van der Waals surface area contributed by atoms with Crippen LogP contribution in [-0.4, -0.2) is 47.6 Å². The van der Waals surface area contributed by atoms with Gasteiger partial charge in [-0.25, -0.2) is 0 Å². The molecular weight excluding hydrogens is 472 g/mol. The molecule has 30 heavy (non-hydrogen) atoms. The van der Waals surface area contributed by atoms with E-state index in [1.165, 1.54) is 12.1 Å². The number of hydrogen-bond donors (Lipinski definition) is 3. The summed E-state index contributed by atoms with van der Waals surface area (Å²) >= 11 is 23.7. The molecule has 6 nitrogen and oxygen atoms in total. The third-order valence-electron chi connectivity index (χ3n) is 4.30. The van der Waals surface area contributed by atoms with Crippen LogP contribution in [0.4, 0.5) is 11.4 Å². The molecule has 0 unspecified atom stereocenters. The summed E-state index contributed by atoms with van der Waals surface area (Å²) in [6, 6.07) is 9.09. The van der Waals surface area contributed by atoms with Gasteiger partial charge in [-0.05, 0) is 42.8 Å². The lowest BCUT2D eigenvalue weighted by Crippen LogP contribution is -2.46. The van der Waals surface area contributed by atoms with E-state index in [1.54, 1.807) is 29.2 Å². The smallest absolute Gasteiger partial charge is 0.238 e. The lowest BCUT2D eigenvalue weighted by atomic mass is 10.2. The number of carbonyl (C=O) groups is 2. The van der Waals surface area contributed by atoms with Crippen LogP contribution in [0.2, 0.25) is 20.1 Å². The summed E-state index contributed by atoms with van der Waals surface area (Å²) in [5.74, 6) is -0.717. The normalized spacial score (nSPS) is 12.0. The molecule has 0 aliphatic carbocycles. The SMILES string of the molecule is CC[C@H](CO)N(CC(=O)Nc1ccc(Cl)c(Cl)c1)CC(=O)Nc1ccc(Cl)c(Cl)c1. The summed E-state index contributed by atoms with van der Waals surface area (Å²) < 4.78 is 0. The number of nitrogens with zero attached hydrogens (tertiary/aromatic N) is 1. The highest BCUT2D eigenvalue weighted by Gasteiger charge is 2.22. The average molecular weight is 493 g/mol. The molecule has 0 spiro atoms. The number of aliphatic hydroxyl groups excluding tert-OH is 1. The van der Waals surface area contributed by atoms with Gasteiger partial charge in [-0.2, -0.15) is 0 Å². The third-order valence-corrected chi connectivity index (χ3v) is 5.78. The van der Waals surface area contributed by atoms with E-state index in [0.29, 0.717) is 37.9 Å². The predicted molar refractivity (Wildman–Crippen MR) is 123 cm³/mol. The molecule has 0 aromatic heterocycles. The highest BCUT2D eigenvalue weighted by molar-refractivity contribution is 6.42. The molecule has 0 aliphatic heterocycles. The minimum atomic E-state index is -0.371. The van der Waals surface area contributed by atoms with Crippen LogP contribution < -0.4 is 10.6 Å². The minimum Gasteiger partial charge on any atom is -0.395 e. The maximum atomic E-state index is 12.5. The number of aliphatic hydroxyl groups is 1. The van der Waals surface area contributed by atoms with Gasteiger partial charge in [0.25, 0.3) is 0 Å². The molecule has 0 radical (unpaired) electrons. The summed E-state index contributed by atoms with van der Waals surface area (Å²) in [6.45, 7) is 1.46. The van der Waals surface area contributed by atoms with E-state index >= 15 is 0 Å². The van der Waals surface area contributed by atoms with Crippen molar-refractivity contribution in [2.24, 2.45) is 0 Å². The number of rotatable bonds is 9. The molecule has 0 bridgehead atoms. The molecule has 0 heterocycles. The zero-order chi connectivity index (χ0) is 22.3. The molecule has 2 aromatic rings. The van der Waals surface area contributed by atoms with Crippen LogP contribution in [-0.2, 0) is 9.59 Å². The van der Waals surface area contributed by atoms with E-state index in [2.05, 4.69) is 10.6 Å². The van der Waals surface area contributed by atoms with Crippen LogP contribution >= 0.6 is 46.4 Å². The van der Waals surface area contributed by atoms with Gasteiger partial charge in [0, 0.05) is 17.4 Å². The fraction of sp³-hybridized carbons (Fsp3) is 0.300. The van der Waals surface area contributed by atoms with Gasteiger partial charge in [-0.1, -0.05) is 53.3 Å². The molecule has 3 N–H and O–H groups in total. The number of anilines is 2. The molecule has 0 fully saturated rings. The maximum absolute atomic E-state index is 12.5. The number of halogens is 4. The molecule has 2 amide bonds. The van der Waals surface area contributed by atoms with Crippen molar-refractivity contribution in [2.75, 3.05) is 30.3 Å². The van der Waals surface area contributed by atoms with Crippen LogP contribution in [0, 0.1) is 0 Å². The first-order chi connectivity index (χ1) is 14.2. The van der Waals surface area contributed by atoms with E-state index in [4.69, 9.17) is 46.4 Å². The van der Waals surface area contributed by atoms with E-state index in [1.807, 2.05) is 6.92 Å². The minimum absolute atomic E-state index is 0.103. The summed E-state index contributed by atoms with van der Waals surface area (Å²) in [4.78, 5) is 26.6. The van der Waals surface area contributed by atoms with Crippen LogP contribution in [0.5, 0.6) is 0 Å². The van der Waals surface area contributed by atoms with Gasteiger partial charge in [-0.3, -0.25) is 14.5 Å². The van der Waals surface area contributed by atoms with Gasteiger partial charge in [0.15, 0.2) is 0 Å². The lowest BCUT2D eigenvalue weighted by molar-refractivity contribution is -0.121. The van der Waals surface area contributed by atoms with Crippen molar-refractivity contribution in [1.29, 1.82) is 0 Å². The van der Waals surface area contributed by atoms with Crippen molar-refractivity contribution in [3.05, 3.63) is 56.5 Å². The average Bonchev–Trinajstić information content (AvgIpc) is 2.68. The van der Waals surface area contributed by atoms with Crippen LogP contribution in [0.3, 0.4) is 0 Å². The Morgan fingerprint density at radius 1 is 0.867 bits per heavy atom. The quantitative estimate of drug-likeness (QED) is 0.462. The van der Waals surface area contributed by atoms with Crippen LogP contribution in [0.1, 0.15) is 13.3 Å². The summed E-state index contributed by atoms with van der Waals surface area (Å²) in [6.07, 6.45) is 0.552. The number of benzene rings is 2. The Morgan fingerprint density at radius 3 is 1.63 bits per heavy atom. The molecule has 1 atom stereocenters. The molecule has 162 valence electrons. The fourth-order valence-electron chi connectivity index (χ4n) is 2.73. The summed E-state index contributed by atoms with van der Waals surface area (Å²) in [5.41, 5.74) is 0.957. The Balaban J connectivity index is 2.05. The van der Waals surface area contributed by atoms with E-state index in [9.17, 15) is 14.7 Å². The van der Waals surface area contributed by atoms with Crippen molar-refractivity contribution in [2.45, 2.75) is 19.4 Å². The maximum Gasteiger partial charge on any atom is 0.238 e. The van der Waals surface area contributed by atoms with Gasteiger partial charge >= 0.3 is 0 Å². The second kappa shape index (κ2) is 11.7. The van der Waals surface area contributed by atoms with E-state index in [-0.39, 0.29) is 37.6 Å². The standard InChI is InChI=1S/C20H21Cl4N3O3/c1-2-14(11-28)27(9-19(29)25-12-3-5-15(21)17(23)7-12)10-20(30)26-13-4-6-16(22)18(24)8-13/h3-8,14,28H,2,9-11H2,1H3,(H,25,29)(H,26,30)/t14-/m1/s1. The molecule has 0 saturated carbocycles. The Kier molecular flexibility index (Phi) is 9.68. The van der Waals surface area contributed by atoms with Crippen molar-refractivity contribution < 1.29 is 14.7 Å². The lowest BCUT2D eigenvalue weighted by Gasteiger charge is -2.28. The fourth-order valence-corrected chi connectivity index (χ4v) is 3.33. The topological polar surface area (TPSA) is 81.7 Å². The Labute approximate surface area is 195 Å². The zero-order valence-corrected chi connectivity index (χ0v) is 19.1. The van der Waals surface area contributed by atoms with Gasteiger partial charge in [-0.15, -0.1) is 0 Å². The highest BCUT2D eigenvalue weighted by atomic mass is 35.5.